The molecule has 0 atom stereocenters. The van der Waals surface area contributed by atoms with Crippen LogP contribution in [0.15, 0.2) is 18.5 Å². The molecule has 0 spiro atoms. The Morgan fingerprint density at radius 3 is 2.22 bits per heavy atom. The third-order valence-corrected chi connectivity index (χ3v) is 7.65. The summed E-state index contributed by atoms with van der Waals surface area (Å²) in [6.45, 7) is 2.98. The van der Waals surface area contributed by atoms with Crippen molar-refractivity contribution in [1.29, 1.82) is 0 Å². The summed E-state index contributed by atoms with van der Waals surface area (Å²) in [5.41, 5.74) is 0.977. The molecule has 0 unspecified atom stereocenters. The zero-order valence-electron chi connectivity index (χ0n) is 16.2. The van der Waals surface area contributed by atoms with Crippen LogP contribution in [0.1, 0.15) is 50.5 Å². The first-order chi connectivity index (χ1) is 13.1. The van der Waals surface area contributed by atoms with Crippen LogP contribution in [0.4, 0.5) is 0 Å². The van der Waals surface area contributed by atoms with Crippen LogP contribution in [0.2, 0.25) is 0 Å². The van der Waals surface area contributed by atoms with Gasteiger partial charge in [-0.05, 0) is 74.3 Å². The van der Waals surface area contributed by atoms with E-state index in [9.17, 15) is 9.59 Å². The molecule has 2 heterocycles. The Hall–Kier alpha value is -1.78. The van der Waals surface area contributed by atoms with Crippen molar-refractivity contribution in [3.05, 3.63) is 24.0 Å². The van der Waals surface area contributed by atoms with Crippen molar-refractivity contribution in [2.45, 2.75) is 51.4 Å². The highest BCUT2D eigenvalue weighted by molar-refractivity contribution is 5.84. The van der Waals surface area contributed by atoms with Gasteiger partial charge in [-0.1, -0.05) is 0 Å². The summed E-state index contributed by atoms with van der Waals surface area (Å²) in [5, 5.41) is 0. The molecule has 5 nitrogen and oxygen atoms in total. The van der Waals surface area contributed by atoms with Gasteiger partial charge in [0, 0.05) is 38.6 Å². The average molecular weight is 370 g/mol. The molecule has 0 radical (unpaired) electrons. The fourth-order valence-corrected chi connectivity index (χ4v) is 6.83. The van der Waals surface area contributed by atoms with Crippen LogP contribution in [-0.4, -0.2) is 52.8 Å². The van der Waals surface area contributed by atoms with Crippen molar-refractivity contribution < 1.29 is 9.59 Å². The number of hydrogen-bond donors (Lipinski definition) is 1. The second kappa shape index (κ2) is 6.68. The van der Waals surface area contributed by atoms with E-state index in [1.165, 1.54) is 19.3 Å². The van der Waals surface area contributed by atoms with Gasteiger partial charge < -0.3 is 14.8 Å². The minimum atomic E-state index is -0.0565. The Balaban J connectivity index is 1.23. The van der Waals surface area contributed by atoms with Gasteiger partial charge >= 0.3 is 0 Å². The SMILES string of the molecule is O=C(Cc1cc[nH]c1)N1CCCN(C(=O)C23CC4CC(CC(C4)C2)C3)CC1. The van der Waals surface area contributed by atoms with Gasteiger partial charge in [0.05, 0.1) is 11.8 Å². The number of rotatable bonds is 3. The van der Waals surface area contributed by atoms with Crippen molar-refractivity contribution in [3.63, 3.8) is 0 Å². The number of nitrogens with one attached hydrogen (secondary N) is 1. The highest BCUT2D eigenvalue weighted by Gasteiger charge is 2.55. The molecule has 5 fully saturated rings. The fourth-order valence-electron chi connectivity index (χ4n) is 6.83. The molecule has 1 aromatic heterocycles. The lowest BCUT2D eigenvalue weighted by Crippen LogP contribution is -2.55. The van der Waals surface area contributed by atoms with Gasteiger partial charge in [-0.2, -0.15) is 0 Å². The number of amides is 2. The first-order valence-electron chi connectivity index (χ1n) is 10.8. The number of aromatic nitrogens is 1. The summed E-state index contributed by atoms with van der Waals surface area (Å²) < 4.78 is 0. The van der Waals surface area contributed by atoms with Gasteiger partial charge in [-0.3, -0.25) is 9.59 Å². The Bertz CT molecular complexity index is 676. The molecule has 6 rings (SSSR count). The quantitative estimate of drug-likeness (QED) is 0.891. The zero-order valence-corrected chi connectivity index (χ0v) is 16.2. The van der Waals surface area contributed by atoms with Crippen molar-refractivity contribution in [2.75, 3.05) is 26.2 Å². The van der Waals surface area contributed by atoms with E-state index in [0.717, 1.165) is 62.1 Å². The van der Waals surface area contributed by atoms with Gasteiger partial charge in [0.25, 0.3) is 0 Å². The second-order valence-electron chi connectivity index (χ2n) is 9.62. The zero-order chi connectivity index (χ0) is 18.4. The highest BCUT2D eigenvalue weighted by atomic mass is 16.2. The van der Waals surface area contributed by atoms with Crippen LogP contribution in [0, 0.1) is 23.2 Å². The van der Waals surface area contributed by atoms with E-state index in [-0.39, 0.29) is 11.3 Å². The van der Waals surface area contributed by atoms with Gasteiger partial charge in [0.1, 0.15) is 0 Å². The maximum absolute atomic E-state index is 13.6. The number of nitrogens with zero attached hydrogens (tertiary/aromatic N) is 2. The fraction of sp³-hybridized carbons (Fsp3) is 0.727. The van der Waals surface area contributed by atoms with Crippen molar-refractivity contribution in [2.24, 2.45) is 23.2 Å². The Morgan fingerprint density at radius 2 is 1.59 bits per heavy atom. The van der Waals surface area contributed by atoms with Gasteiger partial charge in [-0.25, -0.2) is 0 Å². The van der Waals surface area contributed by atoms with E-state index < -0.39 is 0 Å². The minimum Gasteiger partial charge on any atom is -0.367 e. The van der Waals surface area contributed by atoms with Crippen LogP contribution < -0.4 is 0 Å². The van der Waals surface area contributed by atoms with E-state index in [1.807, 2.05) is 23.4 Å². The first kappa shape index (κ1) is 17.3. The summed E-state index contributed by atoms with van der Waals surface area (Å²) in [6.07, 6.45) is 12.6. The molecular weight excluding hydrogens is 338 g/mol. The largest absolute Gasteiger partial charge is 0.367 e. The molecule has 146 valence electrons. The van der Waals surface area contributed by atoms with E-state index in [0.29, 0.717) is 25.4 Å². The molecule has 4 aliphatic carbocycles. The van der Waals surface area contributed by atoms with Crippen LogP contribution in [-0.2, 0) is 16.0 Å². The normalized spacial score (nSPS) is 35.3. The van der Waals surface area contributed by atoms with Crippen LogP contribution in [0.25, 0.3) is 0 Å². The molecule has 4 saturated carbocycles. The average Bonchev–Trinajstić information content (AvgIpc) is 3.01. The molecular formula is C22H31N3O2. The topological polar surface area (TPSA) is 56.4 Å². The highest BCUT2D eigenvalue weighted by Crippen LogP contribution is 2.60. The Morgan fingerprint density at radius 1 is 0.963 bits per heavy atom. The predicted octanol–water partition coefficient (Wildman–Crippen LogP) is 2.83. The molecule has 1 aliphatic heterocycles. The molecule has 5 heteroatoms. The van der Waals surface area contributed by atoms with E-state index in [4.69, 9.17) is 0 Å². The van der Waals surface area contributed by atoms with Crippen molar-refractivity contribution in [3.8, 4) is 0 Å². The summed E-state index contributed by atoms with van der Waals surface area (Å²) in [4.78, 5) is 33.3. The number of aromatic amines is 1. The molecule has 2 amide bonds. The lowest BCUT2D eigenvalue weighted by atomic mass is 9.49. The second-order valence-corrected chi connectivity index (χ2v) is 9.62. The molecule has 1 N–H and O–H groups in total. The van der Waals surface area contributed by atoms with E-state index in [2.05, 4.69) is 9.88 Å². The molecule has 4 bridgehead atoms. The van der Waals surface area contributed by atoms with Crippen LogP contribution in [0.3, 0.4) is 0 Å². The van der Waals surface area contributed by atoms with Gasteiger partial charge in [-0.15, -0.1) is 0 Å². The number of carbonyl (C=O) groups excluding carboxylic acids is 2. The lowest BCUT2D eigenvalue weighted by molar-refractivity contribution is -0.157. The number of H-pyrrole nitrogens is 1. The molecule has 5 aliphatic rings. The maximum Gasteiger partial charge on any atom is 0.228 e. The number of carbonyl (C=O) groups is 2. The first-order valence-corrected chi connectivity index (χ1v) is 10.8. The summed E-state index contributed by atoms with van der Waals surface area (Å²) in [5.74, 6) is 2.99. The van der Waals surface area contributed by atoms with Gasteiger partial charge in [0.2, 0.25) is 11.8 Å². The van der Waals surface area contributed by atoms with Crippen LogP contribution >= 0.6 is 0 Å². The van der Waals surface area contributed by atoms with E-state index in [1.54, 1.807) is 0 Å². The number of hydrogen-bond acceptors (Lipinski definition) is 2. The maximum atomic E-state index is 13.6. The third-order valence-electron chi connectivity index (χ3n) is 7.65. The summed E-state index contributed by atoms with van der Waals surface area (Å²) >= 11 is 0. The molecule has 1 saturated heterocycles. The smallest absolute Gasteiger partial charge is 0.228 e. The molecule has 1 aromatic rings. The monoisotopic (exact) mass is 369 g/mol. The Labute approximate surface area is 161 Å². The lowest BCUT2D eigenvalue weighted by Gasteiger charge is -2.56. The third kappa shape index (κ3) is 3.19. The predicted molar refractivity (Wildman–Crippen MR) is 103 cm³/mol. The minimum absolute atomic E-state index is 0.0565. The summed E-state index contributed by atoms with van der Waals surface area (Å²) in [7, 11) is 0. The van der Waals surface area contributed by atoms with Crippen molar-refractivity contribution >= 4 is 11.8 Å². The molecule has 0 aromatic carbocycles. The summed E-state index contributed by atoms with van der Waals surface area (Å²) in [6, 6.07) is 1.96. The standard InChI is InChI=1S/C22H31N3O2/c26-20(11-16-2-3-23-15-16)24-4-1-5-25(7-6-24)21(27)22-12-17-8-18(13-22)10-19(9-17)14-22/h2-3,15,17-19,23H,1,4-14H2. The molecule has 27 heavy (non-hydrogen) atoms. The van der Waals surface area contributed by atoms with Crippen molar-refractivity contribution in [1.82, 2.24) is 14.8 Å². The van der Waals surface area contributed by atoms with Crippen LogP contribution in [0.5, 0.6) is 0 Å². The van der Waals surface area contributed by atoms with E-state index >= 15 is 0 Å². The Kier molecular flexibility index (Phi) is 4.29. The van der Waals surface area contributed by atoms with Gasteiger partial charge in [0.15, 0.2) is 0 Å².